The lowest BCUT2D eigenvalue weighted by molar-refractivity contribution is 0.0122. The molecule has 17 heteroatoms. The van der Waals surface area contributed by atoms with Gasteiger partial charge in [-0.3, -0.25) is 9.88 Å². The molecule has 4 fully saturated rings. The molecule has 4 saturated heterocycles. The summed E-state index contributed by atoms with van der Waals surface area (Å²) in [7, 11) is -2.04. The third kappa shape index (κ3) is 13.6. The molecule has 6 heterocycles. The van der Waals surface area contributed by atoms with Gasteiger partial charge >= 0.3 is 12.2 Å². The molecule has 2 atom stereocenters. The third-order valence-electron chi connectivity index (χ3n) is 17.2. The fraction of sp³-hybridized carbons (Fsp3) is 0.656. The Bertz CT molecular complexity index is 2790. The highest BCUT2D eigenvalue weighted by molar-refractivity contribution is 6.90. The molecule has 2 amide bonds. The topological polar surface area (TPSA) is 123 Å². The first-order valence-corrected chi connectivity index (χ1v) is 35.1. The number of pyridine rings is 1. The zero-order valence-electron chi connectivity index (χ0n) is 49.2. The van der Waals surface area contributed by atoms with E-state index in [1.807, 2.05) is 36.6 Å². The van der Waals surface area contributed by atoms with Gasteiger partial charge in [-0.25, -0.2) is 28.3 Å². The maximum Gasteiger partial charge on any atom is 0.410 e. The summed E-state index contributed by atoms with van der Waals surface area (Å²) in [6.45, 7) is 31.9. The predicted octanol–water partition coefficient (Wildman–Crippen LogP) is 13.5. The second-order valence-electron chi connectivity index (χ2n) is 26.0. The molecule has 2 aromatic carbocycles. The van der Waals surface area contributed by atoms with E-state index in [0.717, 1.165) is 83.7 Å². The van der Waals surface area contributed by atoms with Gasteiger partial charge in [0.05, 0.1) is 29.6 Å². The lowest BCUT2D eigenvalue weighted by Crippen LogP contribution is -2.57. The molecule has 8 rings (SSSR count). The average Bonchev–Trinajstić information content (AvgIpc) is 3.77. The van der Waals surface area contributed by atoms with Gasteiger partial charge in [0.2, 0.25) is 0 Å². The summed E-state index contributed by atoms with van der Waals surface area (Å²) < 4.78 is 57.4. The summed E-state index contributed by atoms with van der Waals surface area (Å²) in [6.07, 6.45) is 9.73. The molecule has 13 nitrogen and oxygen atoms in total. The van der Waals surface area contributed by atoms with E-state index in [1.165, 1.54) is 19.6 Å². The molecule has 426 valence electrons. The summed E-state index contributed by atoms with van der Waals surface area (Å²) >= 11 is 0. The van der Waals surface area contributed by atoms with Crippen LogP contribution in [-0.2, 0) is 20.6 Å². The van der Waals surface area contributed by atoms with Crippen molar-refractivity contribution in [2.24, 2.45) is 11.8 Å². The van der Waals surface area contributed by atoms with Crippen LogP contribution in [0.1, 0.15) is 125 Å². The number of piperazine rings is 1. The number of piperidine rings is 2. The fourth-order valence-electron chi connectivity index (χ4n) is 13.1. The van der Waals surface area contributed by atoms with E-state index in [1.54, 1.807) is 18.3 Å². The number of rotatable bonds is 17. The number of benzene rings is 2. The quantitative estimate of drug-likeness (QED) is 0.0570. The minimum Gasteiger partial charge on any atom is -0.468 e. The second kappa shape index (κ2) is 24.9. The second-order valence-corrected chi connectivity index (χ2v) is 37.2. The first-order chi connectivity index (χ1) is 37.0. The molecule has 4 aliphatic heterocycles. The van der Waals surface area contributed by atoms with Crippen molar-refractivity contribution >= 4 is 55.8 Å². The van der Waals surface area contributed by atoms with Crippen molar-refractivity contribution in [1.29, 1.82) is 0 Å². The van der Waals surface area contributed by atoms with Crippen LogP contribution in [0.4, 0.5) is 24.2 Å². The number of carbonyl (C=O) groups is 2. The number of methoxy groups -OCH3 is 1. The zero-order chi connectivity index (χ0) is 56.3. The fourth-order valence-corrected chi connectivity index (χ4v) is 19.0. The summed E-state index contributed by atoms with van der Waals surface area (Å²) in [5, 5.41) is 1.57. The Hall–Kier alpha value is -4.90. The monoisotopic (exact) mass is 1110 g/mol. The van der Waals surface area contributed by atoms with Gasteiger partial charge in [0.15, 0.2) is 12.6 Å². The Morgan fingerprint density at radius 2 is 1.49 bits per heavy atom. The number of anilines is 1. The maximum absolute atomic E-state index is 18.1. The number of nitrogens with zero attached hydrogens (tertiary/aromatic N) is 7. The normalized spacial score (nSPS) is 19.1. The molecule has 0 N–H and O–H groups in total. The molecular formula is C61H89F2N7O6Si2. The molecule has 78 heavy (non-hydrogen) atoms. The number of halogens is 2. The molecule has 2 bridgehead atoms. The van der Waals surface area contributed by atoms with Crippen LogP contribution in [0, 0.1) is 34.9 Å². The molecule has 0 radical (unpaired) electrons. The number of hydrogen-bond acceptors (Lipinski definition) is 11. The first-order valence-electron chi connectivity index (χ1n) is 29.1. The number of aryl methyl sites for hydroxylation is 1. The van der Waals surface area contributed by atoms with Crippen molar-refractivity contribution in [3.05, 3.63) is 53.5 Å². The van der Waals surface area contributed by atoms with Crippen LogP contribution in [0.3, 0.4) is 0 Å². The van der Waals surface area contributed by atoms with Crippen molar-refractivity contribution in [3.8, 4) is 28.5 Å². The van der Waals surface area contributed by atoms with E-state index in [2.05, 4.69) is 82.4 Å². The molecule has 0 saturated carbocycles. The summed E-state index contributed by atoms with van der Waals surface area (Å²) in [6, 6.07) is 7.41. The van der Waals surface area contributed by atoms with Crippen LogP contribution >= 0.6 is 0 Å². The van der Waals surface area contributed by atoms with Crippen LogP contribution < -0.4 is 9.64 Å². The summed E-state index contributed by atoms with van der Waals surface area (Å²) in [5.74, 6) is 5.11. The van der Waals surface area contributed by atoms with Crippen molar-refractivity contribution < 1.29 is 37.3 Å². The molecule has 2 aromatic heterocycles. The predicted molar refractivity (Wildman–Crippen MR) is 314 cm³/mol. The number of ether oxygens (including phenoxy) is 4. The average molecular weight is 1110 g/mol. The van der Waals surface area contributed by atoms with Gasteiger partial charge in [0, 0.05) is 64.9 Å². The highest BCUT2D eigenvalue weighted by Gasteiger charge is 2.46. The van der Waals surface area contributed by atoms with E-state index in [4.69, 9.17) is 33.9 Å². The van der Waals surface area contributed by atoms with Crippen molar-refractivity contribution in [2.45, 2.75) is 180 Å². The minimum absolute atomic E-state index is 0.0123. The number of aromatic nitrogens is 3. The SMILES string of the molecule is COCOc1cc(-c2ncc3c(N4CC5CCC(C4)N5C(=O)OC(C)(C)C)nc(CCCN4CCC(CC5CCN(C(=O)OCC[Si](C)(C)C)CC5)CC4)nc3c2F)c2c(C#C[Si](C(C)C)(C(C)C)C(C)C)c(F)ccc2c1. The number of amides is 2. The van der Waals surface area contributed by atoms with Gasteiger partial charge in [0.1, 0.15) is 48.1 Å². The van der Waals surface area contributed by atoms with Crippen molar-refractivity contribution in [2.75, 3.05) is 71.2 Å². The van der Waals surface area contributed by atoms with Crippen LogP contribution in [0.25, 0.3) is 32.9 Å². The highest BCUT2D eigenvalue weighted by Crippen LogP contribution is 2.43. The van der Waals surface area contributed by atoms with Gasteiger partial charge in [0.25, 0.3) is 0 Å². The van der Waals surface area contributed by atoms with Gasteiger partial charge in [-0.15, -0.1) is 5.54 Å². The number of fused-ring (bicyclic) bond motifs is 4. The Balaban J connectivity index is 1.07. The molecule has 4 aliphatic rings. The zero-order valence-corrected chi connectivity index (χ0v) is 51.2. The van der Waals surface area contributed by atoms with E-state index in [9.17, 15) is 9.59 Å². The highest BCUT2D eigenvalue weighted by atomic mass is 28.3. The van der Waals surface area contributed by atoms with Gasteiger partial charge in [-0.2, -0.15) is 0 Å². The molecule has 0 aliphatic carbocycles. The molecule has 2 unspecified atom stereocenters. The number of carbonyl (C=O) groups excluding carboxylic acids is 2. The maximum atomic E-state index is 18.1. The van der Waals surface area contributed by atoms with Crippen LogP contribution in [0.15, 0.2) is 30.5 Å². The van der Waals surface area contributed by atoms with Crippen LogP contribution in [-0.4, -0.2) is 142 Å². The Labute approximate surface area is 465 Å². The Kier molecular flexibility index (Phi) is 18.9. The number of likely N-dealkylation sites (tertiary alicyclic amines) is 2. The van der Waals surface area contributed by atoms with E-state index in [-0.39, 0.29) is 47.8 Å². The Morgan fingerprint density at radius 3 is 2.09 bits per heavy atom. The molecular weight excluding hydrogens is 1020 g/mol. The van der Waals surface area contributed by atoms with Crippen molar-refractivity contribution in [1.82, 2.24) is 29.7 Å². The Morgan fingerprint density at radius 1 is 0.846 bits per heavy atom. The van der Waals surface area contributed by atoms with E-state index >= 15 is 8.78 Å². The number of hydrogen-bond donors (Lipinski definition) is 0. The first kappa shape index (κ1) is 59.2. The summed E-state index contributed by atoms with van der Waals surface area (Å²) in [4.78, 5) is 50.0. The largest absolute Gasteiger partial charge is 0.468 e. The van der Waals surface area contributed by atoms with E-state index in [0.29, 0.717) is 93.7 Å². The summed E-state index contributed by atoms with van der Waals surface area (Å²) in [5.41, 5.74) is 4.74. The van der Waals surface area contributed by atoms with Gasteiger partial charge in [-0.05, 0) is 150 Å². The smallest absolute Gasteiger partial charge is 0.410 e. The van der Waals surface area contributed by atoms with Crippen LogP contribution in [0.2, 0.25) is 42.3 Å². The lowest BCUT2D eigenvalue weighted by Gasteiger charge is -2.42. The van der Waals surface area contributed by atoms with Gasteiger partial charge in [-0.1, -0.05) is 73.2 Å². The van der Waals surface area contributed by atoms with E-state index < -0.39 is 33.4 Å². The lowest BCUT2D eigenvalue weighted by atomic mass is 9.83. The molecule has 4 aromatic rings. The third-order valence-corrected chi connectivity index (χ3v) is 25.2. The van der Waals surface area contributed by atoms with Crippen LogP contribution in [0.5, 0.6) is 5.75 Å². The minimum atomic E-state index is -2.32. The van der Waals surface area contributed by atoms with Gasteiger partial charge < -0.3 is 33.6 Å². The molecule has 0 spiro atoms. The van der Waals surface area contributed by atoms with Crippen molar-refractivity contribution in [3.63, 3.8) is 0 Å². The standard InChI is InChI=1S/C61H89F2N7O6Si2/c1-40(2)78(41(3)4,42(5)6)31-24-49-52(62)19-16-45-34-48(75-39-73-10)35-50(54(45)49)56-55(63)57-51(36-64-56)58(69-37-46-17-18-47(38-69)70(46)60(72)76-61(7,8)9)66-53(65-57)15-14-25-67-26-20-43(21-27-67)33-44-22-28-68(29-23-44)59(71)74-30-32-77(11,12)13/h16,19,34-36,40-44,46-47H,14-15,17-18,20-23,25-30,32-33,37-39H2,1-13H3.